The molecule has 0 aliphatic carbocycles. The van der Waals surface area contributed by atoms with Gasteiger partial charge in [-0.25, -0.2) is 0 Å². The zero-order valence-corrected chi connectivity index (χ0v) is 10.4. The molecule has 3 nitrogen and oxygen atoms in total. The molecule has 2 N–H and O–H groups in total. The molecular weight excluding hydrogens is 226 g/mol. The normalized spacial score (nSPS) is 12.5. The standard InChI is InChI=1S/C12H18ClNO2/c1-3-7-14-8-10(15)12-9(13)5-4-6-11(12)16-2/h4-6,10,14-15H,3,7-8H2,1-2H3. The van der Waals surface area contributed by atoms with Crippen LogP contribution >= 0.6 is 11.6 Å². The van der Waals surface area contributed by atoms with Crippen molar-refractivity contribution in [3.8, 4) is 5.75 Å². The average Bonchev–Trinajstić information content (AvgIpc) is 2.28. The van der Waals surface area contributed by atoms with Gasteiger partial charge in [-0.05, 0) is 25.1 Å². The average molecular weight is 244 g/mol. The highest BCUT2D eigenvalue weighted by atomic mass is 35.5. The van der Waals surface area contributed by atoms with E-state index in [4.69, 9.17) is 16.3 Å². The van der Waals surface area contributed by atoms with Gasteiger partial charge in [0.05, 0.1) is 18.2 Å². The lowest BCUT2D eigenvalue weighted by atomic mass is 10.1. The van der Waals surface area contributed by atoms with E-state index in [1.807, 2.05) is 0 Å². The monoisotopic (exact) mass is 243 g/mol. The minimum Gasteiger partial charge on any atom is -0.496 e. The van der Waals surface area contributed by atoms with E-state index in [-0.39, 0.29) is 0 Å². The minimum absolute atomic E-state index is 0.480. The number of halogens is 1. The highest BCUT2D eigenvalue weighted by Crippen LogP contribution is 2.31. The van der Waals surface area contributed by atoms with Crippen LogP contribution in [0.3, 0.4) is 0 Å². The van der Waals surface area contributed by atoms with Crippen LogP contribution in [-0.2, 0) is 0 Å². The highest BCUT2D eigenvalue weighted by Gasteiger charge is 2.16. The maximum atomic E-state index is 10.0. The molecule has 0 fully saturated rings. The summed E-state index contributed by atoms with van der Waals surface area (Å²) in [5.41, 5.74) is 0.648. The predicted octanol–water partition coefficient (Wildman–Crippen LogP) is 2.38. The Kier molecular flexibility index (Phi) is 5.60. The number of benzene rings is 1. The summed E-state index contributed by atoms with van der Waals surface area (Å²) in [6, 6.07) is 5.35. The SMILES string of the molecule is CCCNCC(O)c1c(Cl)cccc1OC. The molecule has 0 aromatic heterocycles. The van der Waals surface area contributed by atoms with Crippen LogP contribution in [0.2, 0.25) is 5.02 Å². The van der Waals surface area contributed by atoms with Crippen molar-refractivity contribution >= 4 is 11.6 Å². The van der Waals surface area contributed by atoms with E-state index >= 15 is 0 Å². The van der Waals surface area contributed by atoms with Crippen molar-refractivity contribution in [2.45, 2.75) is 19.4 Å². The fraction of sp³-hybridized carbons (Fsp3) is 0.500. The van der Waals surface area contributed by atoms with Crippen molar-refractivity contribution in [2.75, 3.05) is 20.2 Å². The molecule has 1 aromatic rings. The molecule has 1 unspecified atom stereocenters. The zero-order chi connectivity index (χ0) is 12.0. The Labute approximate surface area is 101 Å². The first-order valence-electron chi connectivity index (χ1n) is 5.41. The van der Waals surface area contributed by atoms with E-state index < -0.39 is 6.10 Å². The van der Waals surface area contributed by atoms with Crippen molar-refractivity contribution in [3.05, 3.63) is 28.8 Å². The summed E-state index contributed by atoms with van der Waals surface area (Å²) < 4.78 is 5.18. The van der Waals surface area contributed by atoms with E-state index in [9.17, 15) is 5.11 Å². The largest absolute Gasteiger partial charge is 0.496 e. The molecule has 1 rings (SSSR count). The fourth-order valence-corrected chi connectivity index (χ4v) is 1.83. The maximum Gasteiger partial charge on any atom is 0.126 e. The van der Waals surface area contributed by atoms with Crippen molar-refractivity contribution in [1.82, 2.24) is 5.32 Å². The van der Waals surface area contributed by atoms with Crippen LogP contribution in [-0.4, -0.2) is 25.3 Å². The summed E-state index contributed by atoms with van der Waals surface area (Å²) in [5.74, 6) is 0.623. The Bertz CT molecular complexity index is 331. The zero-order valence-electron chi connectivity index (χ0n) is 9.66. The predicted molar refractivity (Wildman–Crippen MR) is 66.1 cm³/mol. The van der Waals surface area contributed by atoms with Gasteiger partial charge in [0.2, 0.25) is 0 Å². The van der Waals surface area contributed by atoms with Crippen LogP contribution in [0.15, 0.2) is 18.2 Å². The van der Waals surface area contributed by atoms with E-state index in [0.29, 0.717) is 22.9 Å². The lowest BCUT2D eigenvalue weighted by Gasteiger charge is -2.16. The smallest absolute Gasteiger partial charge is 0.126 e. The third-order valence-electron chi connectivity index (χ3n) is 2.33. The van der Waals surface area contributed by atoms with Crippen LogP contribution in [0.25, 0.3) is 0 Å². The summed E-state index contributed by atoms with van der Waals surface area (Å²) >= 11 is 6.05. The molecule has 0 radical (unpaired) electrons. The van der Waals surface area contributed by atoms with Crippen molar-refractivity contribution in [2.24, 2.45) is 0 Å². The number of ether oxygens (including phenoxy) is 1. The number of hydrogen-bond acceptors (Lipinski definition) is 3. The van der Waals surface area contributed by atoms with Crippen LogP contribution in [0.4, 0.5) is 0 Å². The van der Waals surface area contributed by atoms with E-state index in [2.05, 4.69) is 12.2 Å². The molecular formula is C12H18ClNO2. The second-order valence-electron chi connectivity index (χ2n) is 3.58. The molecule has 0 saturated carbocycles. The van der Waals surface area contributed by atoms with E-state index in [0.717, 1.165) is 13.0 Å². The summed E-state index contributed by atoms with van der Waals surface area (Å²) in [4.78, 5) is 0. The van der Waals surface area contributed by atoms with Gasteiger partial charge in [0.1, 0.15) is 5.75 Å². The molecule has 0 spiro atoms. The third kappa shape index (κ3) is 3.37. The number of methoxy groups -OCH3 is 1. The molecule has 1 atom stereocenters. The molecule has 90 valence electrons. The van der Waals surface area contributed by atoms with E-state index in [1.54, 1.807) is 25.3 Å². The molecule has 1 aromatic carbocycles. The van der Waals surface area contributed by atoms with Gasteiger partial charge in [0, 0.05) is 12.1 Å². The van der Waals surface area contributed by atoms with Crippen LogP contribution in [0, 0.1) is 0 Å². The molecule has 0 saturated heterocycles. The summed E-state index contributed by atoms with van der Waals surface area (Å²) in [5, 5.41) is 13.7. The van der Waals surface area contributed by atoms with Gasteiger partial charge in [-0.2, -0.15) is 0 Å². The number of aliphatic hydroxyl groups is 1. The van der Waals surface area contributed by atoms with Gasteiger partial charge in [0.25, 0.3) is 0 Å². The number of nitrogens with one attached hydrogen (secondary N) is 1. The highest BCUT2D eigenvalue weighted by molar-refractivity contribution is 6.31. The quantitative estimate of drug-likeness (QED) is 0.754. The summed E-state index contributed by atoms with van der Waals surface area (Å²) in [6.07, 6.45) is 0.391. The van der Waals surface area contributed by atoms with Crippen LogP contribution in [0.5, 0.6) is 5.75 Å². The Hall–Kier alpha value is -0.770. The first-order chi connectivity index (χ1) is 7.70. The van der Waals surface area contributed by atoms with Gasteiger partial charge >= 0.3 is 0 Å². The first kappa shape index (κ1) is 13.3. The lowest BCUT2D eigenvalue weighted by Crippen LogP contribution is -2.22. The van der Waals surface area contributed by atoms with Gasteiger partial charge in [-0.15, -0.1) is 0 Å². The van der Waals surface area contributed by atoms with Crippen LogP contribution in [0.1, 0.15) is 25.0 Å². The topological polar surface area (TPSA) is 41.5 Å². The lowest BCUT2D eigenvalue weighted by molar-refractivity contribution is 0.171. The molecule has 0 aliphatic heterocycles. The van der Waals surface area contributed by atoms with Crippen LogP contribution < -0.4 is 10.1 Å². The molecule has 0 aliphatic rings. The van der Waals surface area contributed by atoms with Crippen molar-refractivity contribution in [1.29, 1.82) is 0 Å². The fourth-order valence-electron chi connectivity index (χ4n) is 1.54. The van der Waals surface area contributed by atoms with Gasteiger partial charge < -0.3 is 15.2 Å². The summed E-state index contributed by atoms with van der Waals surface area (Å²) in [6.45, 7) is 3.44. The van der Waals surface area contributed by atoms with Gasteiger partial charge in [-0.3, -0.25) is 0 Å². The maximum absolute atomic E-state index is 10.0. The van der Waals surface area contributed by atoms with Crippen molar-refractivity contribution in [3.63, 3.8) is 0 Å². The Morgan fingerprint density at radius 2 is 2.25 bits per heavy atom. The number of aliphatic hydroxyl groups excluding tert-OH is 1. The second-order valence-corrected chi connectivity index (χ2v) is 3.98. The minimum atomic E-state index is -0.643. The van der Waals surface area contributed by atoms with E-state index in [1.165, 1.54) is 0 Å². The molecule has 0 amide bonds. The van der Waals surface area contributed by atoms with Gasteiger partial charge in [0.15, 0.2) is 0 Å². The Balaban J connectivity index is 2.76. The van der Waals surface area contributed by atoms with Gasteiger partial charge in [-0.1, -0.05) is 24.6 Å². The number of rotatable bonds is 6. The molecule has 4 heteroatoms. The molecule has 0 bridgehead atoms. The molecule has 0 heterocycles. The summed E-state index contributed by atoms with van der Waals surface area (Å²) in [7, 11) is 1.57. The first-order valence-corrected chi connectivity index (χ1v) is 5.79. The number of hydrogen-bond donors (Lipinski definition) is 2. The van der Waals surface area contributed by atoms with Crippen molar-refractivity contribution < 1.29 is 9.84 Å². The Morgan fingerprint density at radius 1 is 1.50 bits per heavy atom. The second kappa shape index (κ2) is 6.74. The molecule has 16 heavy (non-hydrogen) atoms. The Morgan fingerprint density at radius 3 is 2.88 bits per heavy atom. The third-order valence-corrected chi connectivity index (χ3v) is 2.66.